The first-order valence-electron chi connectivity index (χ1n) is 26.6. The Morgan fingerprint density at radius 3 is 1.30 bits per heavy atom. The lowest BCUT2D eigenvalue weighted by atomic mass is 9.91. The molecule has 26 heteroatoms. The number of thiazole rings is 2. The van der Waals surface area contributed by atoms with Crippen molar-refractivity contribution in [2.24, 2.45) is 23.7 Å². The Labute approximate surface area is 490 Å². The van der Waals surface area contributed by atoms with Crippen LogP contribution in [0.25, 0.3) is 31.6 Å². The van der Waals surface area contributed by atoms with Gasteiger partial charge in [-0.25, -0.2) is 33.9 Å². The van der Waals surface area contributed by atoms with Crippen LogP contribution in [0.15, 0.2) is 35.3 Å². The maximum Gasteiger partial charge on any atom is 0.407 e. The molecule has 0 unspecified atom stereocenters. The van der Waals surface area contributed by atoms with Crippen LogP contribution in [0.3, 0.4) is 0 Å². The molecule has 2 aromatic heterocycles. The summed E-state index contributed by atoms with van der Waals surface area (Å²) in [6, 6.07) is 2.23. The molecule has 5 amide bonds. The number of likely N-dealkylation sites (tertiary alicyclic amines) is 3. The van der Waals surface area contributed by atoms with Crippen LogP contribution in [-0.2, 0) is 57.2 Å². The average molecular weight is 1200 g/mol. The molecule has 3 fully saturated rings. The summed E-state index contributed by atoms with van der Waals surface area (Å²) >= 11 is 2.46. The molecule has 3 aliphatic rings. The van der Waals surface area contributed by atoms with Gasteiger partial charge in [0.15, 0.2) is 13.2 Å². The number of amides is 5. The lowest BCUT2D eigenvalue weighted by Gasteiger charge is -2.29. The van der Waals surface area contributed by atoms with E-state index in [-0.39, 0.29) is 69.2 Å². The van der Waals surface area contributed by atoms with Crippen molar-refractivity contribution in [1.82, 2.24) is 35.3 Å². The number of carbonyl (C=O) groups excluding carboxylic acids is 10. The molecule has 3 saturated heterocycles. The molecule has 6 atom stereocenters. The van der Waals surface area contributed by atoms with E-state index in [0.29, 0.717) is 76.6 Å². The van der Waals surface area contributed by atoms with E-state index in [9.17, 15) is 52.7 Å². The minimum absolute atomic E-state index is 0. The molecule has 7 rings (SSSR count). The number of hydrogen-bond acceptors (Lipinski definition) is 20. The number of rotatable bonds is 20. The monoisotopic (exact) mass is 1200 g/mol. The fraction of sp³-hybridized carbons (Fsp3) is 0.561. The molecule has 4 aromatic rings. The molecule has 3 N–H and O–H groups in total. The number of nitrogens with one attached hydrogen (secondary N) is 2. The summed E-state index contributed by atoms with van der Waals surface area (Å²) in [6.45, 7) is 10.6. The Morgan fingerprint density at radius 1 is 0.566 bits per heavy atom. The first-order chi connectivity index (χ1) is 38.5. The lowest BCUT2D eigenvalue weighted by molar-refractivity contribution is -0.153. The number of ketones is 2. The number of nitrogens with zero attached hydrogens (tertiary/aromatic N) is 5. The van der Waals surface area contributed by atoms with Gasteiger partial charge in [-0.1, -0.05) is 68.5 Å². The number of esters is 3. The van der Waals surface area contributed by atoms with Crippen LogP contribution in [-0.4, -0.2) is 180 Å². The Morgan fingerprint density at radius 2 is 0.952 bits per heavy atom. The van der Waals surface area contributed by atoms with Gasteiger partial charge in [0.25, 0.3) is 0 Å². The maximum absolute atomic E-state index is 13.6. The van der Waals surface area contributed by atoms with Crippen molar-refractivity contribution in [3.8, 4) is 11.1 Å². The van der Waals surface area contributed by atoms with E-state index in [4.69, 9.17) is 14.6 Å². The Kier molecular flexibility index (Phi) is 25.0. The van der Waals surface area contributed by atoms with Crippen LogP contribution in [0.5, 0.6) is 0 Å². The maximum atomic E-state index is 13.6. The number of Topliss-reactive ketones (excluding diaryl/α,β-unsaturated/α-hetero) is 2. The van der Waals surface area contributed by atoms with Gasteiger partial charge in [-0.05, 0) is 68.4 Å². The molecule has 454 valence electrons. The number of alkyl carbamates (subject to hydrolysis) is 2. The third-order valence-electron chi connectivity index (χ3n) is 14.5. The van der Waals surface area contributed by atoms with E-state index in [0.717, 1.165) is 0 Å². The number of ether oxygens (including phenoxy) is 5. The zero-order chi connectivity index (χ0) is 59.4. The molecule has 0 radical (unpaired) electrons. The summed E-state index contributed by atoms with van der Waals surface area (Å²) in [4.78, 5) is 152. The topological polar surface area (TPSA) is 314 Å². The van der Waals surface area contributed by atoms with Crippen molar-refractivity contribution < 1.29 is 81.5 Å². The third-order valence-corrected chi connectivity index (χ3v) is 16.2. The number of benzene rings is 2. The molecule has 2 aromatic carbocycles. The van der Waals surface area contributed by atoms with E-state index < -0.39 is 109 Å². The number of carboxylic acid groups (broad SMARTS) is 1. The predicted molar refractivity (Wildman–Crippen MR) is 307 cm³/mol. The van der Waals surface area contributed by atoms with Crippen LogP contribution in [0, 0.1) is 23.7 Å². The Bertz CT molecular complexity index is 2870. The van der Waals surface area contributed by atoms with Crippen molar-refractivity contribution in [3.63, 3.8) is 0 Å². The number of carbonyl (C=O) groups is 11. The number of aliphatic carboxylic acids is 1. The van der Waals surface area contributed by atoms with Gasteiger partial charge in [-0.15, -0.1) is 22.7 Å². The van der Waals surface area contributed by atoms with E-state index in [1.807, 2.05) is 13.8 Å². The fourth-order valence-electron chi connectivity index (χ4n) is 10.1. The van der Waals surface area contributed by atoms with Crippen molar-refractivity contribution in [1.29, 1.82) is 0 Å². The molecule has 0 spiro atoms. The highest BCUT2D eigenvalue weighted by molar-refractivity contribution is 7.17. The van der Waals surface area contributed by atoms with E-state index in [1.54, 1.807) is 63.0 Å². The van der Waals surface area contributed by atoms with Gasteiger partial charge in [0.05, 0.1) is 65.1 Å². The van der Waals surface area contributed by atoms with Gasteiger partial charge in [-0.2, -0.15) is 0 Å². The first kappa shape index (κ1) is 67.9. The van der Waals surface area contributed by atoms with Crippen LogP contribution < -0.4 is 10.6 Å². The largest absolute Gasteiger partial charge is 0.480 e. The summed E-state index contributed by atoms with van der Waals surface area (Å²) < 4.78 is 26.0. The van der Waals surface area contributed by atoms with Crippen molar-refractivity contribution >= 4 is 108 Å². The van der Waals surface area contributed by atoms with Gasteiger partial charge in [0.1, 0.15) is 30.2 Å². The molecule has 83 heavy (non-hydrogen) atoms. The minimum atomic E-state index is -0.980. The molecule has 0 aliphatic carbocycles. The third kappa shape index (κ3) is 15.9. The predicted octanol–water partition coefficient (Wildman–Crippen LogP) is 6.94. The first-order valence-corrected chi connectivity index (χ1v) is 28.3. The fourth-order valence-corrected chi connectivity index (χ4v) is 11.8. The zero-order valence-electron chi connectivity index (χ0n) is 46.7. The average Bonchev–Trinajstić information content (AvgIpc) is 4.41. The summed E-state index contributed by atoms with van der Waals surface area (Å²) in [5.41, 5.74) is 6.03. The summed E-state index contributed by atoms with van der Waals surface area (Å²) in [6.07, 6.45) is 1.40. The van der Waals surface area contributed by atoms with Gasteiger partial charge in [-0.3, -0.25) is 28.8 Å². The number of aromatic nitrogens is 2. The molecular weight excluding hydrogens is 1120 g/mol. The van der Waals surface area contributed by atoms with Crippen LogP contribution >= 0.6 is 22.7 Å². The number of carboxylic acids is 1. The molecule has 0 bridgehead atoms. The lowest BCUT2D eigenvalue weighted by Crippen LogP contribution is -2.54. The summed E-state index contributed by atoms with van der Waals surface area (Å²) in [5.74, 6) is -6.10. The highest BCUT2D eigenvalue weighted by Gasteiger charge is 2.42. The van der Waals surface area contributed by atoms with Gasteiger partial charge in [0, 0.05) is 41.9 Å². The number of fused-ring (bicyclic) bond motifs is 2. The second-order valence-electron chi connectivity index (χ2n) is 20.7. The van der Waals surface area contributed by atoms with Crippen LogP contribution in [0.4, 0.5) is 9.59 Å². The van der Waals surface area contributed by atoms with E-state index in [2.05, 4.69) is 34.8 Å². The van der Waals surface area contributed by atoms with Crippen molar-refractivity contribution in [3.05, 3.63) is 46.4 Å². The quantitative estimate of drug-likeness (QED) is 0.0458. The zero-order valence-corrected chi connectivity index (χ0v) is 48.3. The normalized spacial score (nSPS) is 17.5. The standard InChI is InChI=1S/C42H48N6O12S2.C13H21NO5.2CH4/c1-21(2)31(45-41(55)57-5)37(51)47-15-7-9-27(47)39(53)59-17-29(49)25-13-11-23(33-35(25)61-19-43-33)24-12-14-26(36-34(24)44-20-62-36)30(50)18-60-40(54)28-10-8-16-48(28)38(52)32(22(3)4)46-42(56)58-6;1-8(2)9(7-11(15)19-3)12(16)14-6-4-5-10(14)13(17)18;;/h11-14,19-22,27-28,31-32H,7-10,15-18H2,1-6H3,(H,45,55)(H,46,56);8-10H,4-7H2,1-3H3,(H,17,18);2*1H4/t27-,28-,31-,32-;9-,10-;;/m00../s1. The summed E-state index contributed by atoms with van der Waals surface area (Å²) in [7, 11) is 3.67. The molecule has 0 saturated carbocycles. The van der Waals surface area contributed by atoms with E-state index in [1.165, 1.54) is 58.7 Å². The molecule has 24 nitrogen and oxygen atoms in total. The highest BCUT2D eigenvalue weighted by Crippen LogP contribution is 2.38. The van der Waals surface area contributed by atoms with Gasteiger partial charge >= 0.3 is 36.1 Å². The Hall–Kier alpha value is -7.61. The summed E-state index contributed by atoms with van der Waals surface area (Å²) in [5, 5.41) is 14.2. The molecular formula is C57H77N7O17S2. The Balaban J connectivity index is 0.000000600. The highest BCUT2D eigenvalue weighted by atomic mass is 32.1. The van der Waals surface area contributed by atoms with Crippen molar-refractivity contribution in [2.45, 2.75) is 132 Å². The van der Waals surface area contributed by atoms with Gasteiger partial charge in [0.2, 0.25) is 29.3 Å². The minimum Gasteiger partial charge on any atom is -0.480 e. The molecule has 5 heterocycles. The van der Waals surface area contributed by atoms with Crippen LogP contribution in [0.2, 0.25) is 0 Å². The second kappa shape index (κ2) is 30.6. The van der Waals surface area contributed by atoms with Crippen LogP contribution in [0.1, 0.15) is 122 Å². The number of methoxy groups -OCH3 is 3. The SMILES string of the molecule is C.C.COC(=O)C[C@H](C(=O)N1CCC[C@H]1C(=O)O)C(C)C.COC(=O)N[C@H](C(=O)N1CCC[C@H]1C(=O)OCC(=O)c1ccc(-c2ccc(C(=O)COC(=O)[C@@H]3CCCN3C(=O)[C@@H](NC(=O)OC)C(C)C)c3scnc23)c2ncsc12)C(C)C. The van der Waals surface area contributed by atoms with Gasteiger partial charge < -0.3 is 54.1 Å². The smallest absolute Gasteiger partial charge is 0.407 e. The number of hydrogen-bond donors (Lipinski definition) is 3. The second-order valence-corrected chi connectivity index (χ2v) is 22.4. The molecule has 3 aliphatic heterocycles. The van der Waals surface area contributed by atoms with E-state index >= 15 is 0 Å². The van der Waals surface area contributed by atoms with Crippen molar-refractivity contribution in [2.75, 3.05) is 54.2 Å².